The largest absolute Gasteiger partial charge is 0.354 e. The molecule has 29 heavy (non-hydrogen) atoms. The number of thioether (sulfide) groups is 1. The molecule has 1 aliphatic rings. The van der Waals surface area contributed by atoms with Crippen LogP contribution in [0.2, 0.25) is 0 Å². The van der Waals surface area contributed by atoms with Gasteiger partial charge in [-0.1, -0.05) is 61.0 Å². The maximum absolute atomic E-state index is 12.8. The average molecular weight is 412 g/mol. The van der Waals surface area contributed by atoms with Gasteiger partial charge in [0.05, 0.1) is 12.3 Å². The predicted molar refractivity (Wildman–Crippen MR) is 119 cm³/mol. The molecule has 0 radical (unpaired) electrons. The molecular weight excluding hydrogens is 382 g/mol. The third-order valence-corrected chi connectivity index (χ3v) is 6.11. The Balaban J connectivity index is 1.53. The Labute approximate surface area is 177 Å². The summed E-state index contributed by atoms with van der Waals surface area (Å²) in [7, 11) is 0. The number of hydrogen-bond acceptors (Lipinski definition) is 4. The number of carbonyl (C=O) groups excluding carboxylic acids is 2. The third-order valence-electron chi connectivity index (χ3n) is 5.10. The fourth-order valence-electron chi connectivity index (χ4n) is 3.40. The van der Waals surface area contributed by atoms with E-state index in [1.807, 2.05) is 42.5 Å². The van der Waals surface area contributed by atoms with Crippen molar-refractivity contribution in [3.63, 3.8) is 0 Å². The first-order valence-corrected chi connectivity index (χ1v) is 11.3. The normalized spacial score (nSPS) is 16.0. The summed E-state index contributed by atoms with van der Waals surface area (Å²) in [5.41, 5.74) is 8.74. The number of amides is 2. The Hall–Kier alpha value is -2.31. The lowest BCUT2D eigenvalue weighted by molar-refractivity contribution is -0.137. The summed E-state index contributed by atoms with van der Waals surface area (Å²) in [6, 6.07) is 17.9. The van der Waals surface area contributed by atoms with Gasteiger partial charge < -0.3 is 16.0 Å². The highest BCUT2D eigenvalue weighted by atomic mass is 32.2. The van der Waals surface area contributed by atoms with Crippen molar-refractivity contribution >= 4 is 23.6 Å². The number of unbranched alkanes of at least 4 members (excludes halogenated alkanes) is 2. The van der Waals surface area contributed by atoms with Crippen molar-refractivity contribution in [2.75, 3.05) is 24.7 Å². The summed E-state index contributed by atoms with van der Waals surface area (Å²) in [6.07, 6.45) is 3.22. The lowest BCUT2D eigenvalue weighted by Gasteiger charge is -2.23. The fourth-order valence-corrected chi connectivity index (χ4v) is 4.58. The molecule has 6 heteroatoms. The Morgan fingerprint density at radius 1 is 1.00 bits per heavy atom. The number of carbonyl (C=O) groups is 2. The van der Waals surface area contributed by atoms with Crippen molar-refractivity contribution < 1.29 is 9.59 Å². The van der Waals surface area contributed by atoms with Gasteiger partial charge in [-0.2, -0.15) is 0 Å². The van der Waals surface area contributed by atoms with Crippen LogP contribution in [0.25, 0.3) is 11.1 Å². The quantitative estimate of drug-likeness (QED) is 0.622. The lowest BCUT2D eigenvalue weighted by atomic mass is 10.0. The highest BCUT2D eigenvalue weighted by Crippen LogP contribution is 2.23. The van der Waals surface area contributed by atoms with Crippen LogP contribution >= 0.6 is 11.8 Å². The second-order valence-electron chi connectivity index (χ2n) is 7.26. The monoisotopic (exact) mass is 411 g/mol. The van der Waals surface area contributed by atoms with Crippen molar-refractivity contribution in [1.29, 1.82) is 0 Å². The number of nitrogens with zero attached hydrogens (tertiary/aromatic N) is 1. The molecule has 154 valence electrons. The zero-order valence-corrected chi connectivity index (χ0v) is 17.5. The highest BCUT2D eigenvalue weighted by Gasteiger charge is 2.34. The molecule has 3 rings (SSSR count). The van der Waals surface area contributed by atoms with E-state index in [0.29, 0.717) is 31.1 Å². The van der Waals surface area contributed by atoms with Crippen LogP contribution in [0.15, 0.2) is 54.6 Å². The molecular formula is C23H29N3O2S. The first-order chi connectivity index (χ1) is 14.2. The van der Waals surface area contributed by atoms with Crippen LogP contribution < -0.4 is 11.1 Å². The summed E-state index contributed by atoms with van der Waals surface area (Å²) < 4.78 is 0. The van der Waals surface area contributed by atoms with Crippen LogP contribution in [0.3, 0.4) is 0 Å². The first kappa shape index (κ1) is 21.4. The second kappa shape index (κ2) is 11.0. The van der Waals surface area contributed by atoms with Crippen molar-refractivity contribution in [3.05, 3.63) is 60.2 Å². The molecule has 1 aliphatic heterocycles. The standard InChI is InChI=1S/C23H29N3O2S/c24-13-5-2-6-14-25-23(28)21-16-29-17-26(21)22(27)15-18-9-11-20(12-10-18)19-7-3-1-4-8-19/h1,3-4,7-12,21H,2,5-6,13-17,24H2,(H,25,28). The minimum atomic E-state index is -0.370. The van der Waals surface area contributed by atoms with E-state index in [1.165, 1.54) is 0 Å². The van der Waals surface area contributed by atoms with Gasteiger partial charge in [-0.25, -0.2) is 0 Å². The van der Waals surface area contributed by atoms with Gasteiger partial charge in [0.2, 0.25) is 11.8 Å². The Morgan fingerprint density at radius 2 is 1.72 bits per heavy atom. The SMILES string of the molecule is NCCCCCNC(=O)C1CSCN1C(=O)Cc1ccc(-c2ccccc2)cc1. The van der Waals surface area contributed by atoms with Crippen molar-refractivity contribution in [1.82, 2.24) is 10.2 Å². The number of nitrogens with two attached hydrogens (primary N) is 1. The van der Waals surface area contributed by atoms with E-state index in [2.05, 4.69) is 17.4 Å². The van der Waals surface area contributed by atoms with E-state index >= 15 is 0 Å². The van der Waals surface area contributed by atoms with Gasteiger partial charge in [-0.3, -0.25) is 9.59 Å². The lowest BCUT2D eigenvalue weighted by Crippen LogP contribution is -2.47. The van der Waals surface area contributed by atoms with Gasteiger partial charge in [0, 0.05) is 12.3 Å². The van der Waals surface area contributed by atoms with Gasteiger partial charge in [0.1, 0.15) is 6.04 Å². The molecule has 0 aromatic heterocycles. The molecule has 1 fully saturated rings. The molecule has 5 nitrogen and oxygen atoms in total. The smallest absolute Gasteiger partial charge is 0.243 e. The minimum Gasteiger partial charge on any atom is -0.354 e. The minimum absolute atomic E-state index is 0.00532. The van der Waals surface area contributed by atoms with E-state index in [9.17, 15) is 9.59 Å². The average Bonchev–Trinajstić information content (AvgIpc) is 3.25. The molecule has 0 bridgehead atoms. The molecule has 0 aliphatic carbocycles. The van der Waals surface area contributed by atoms with Crippen molar-refractivity contribution in [2.45, 2.75) is 31.7 Å². The molecule has 1 atom stereocenters. The number of benzene rings is 2. The van der Waals surface area contributed by atoms with Crippen LogP contribution in [-0.2, 0) is 16.0 Å². The Morgan fingerprint density at radius 3 is 2.45 bits per heavy atom. The summed E-state index contributed by atoms with van der Waals surface area (Å²) in [6.45, 7) is 1.32. The van der Waals surface area contributed by atoms with Gasteiger partial charge in [0.25, 0.3) is 0 Å². The van der Waals surface area contributed by atoms with Crippen LogP contribution in [-0.4, -0.2) is 47.5 Å². The van der Waals surface area contributed by atoms with Gasteiger partial charge in [0.15, 0.2) is 0 Å². The molecule has 2 aromatic rings. The Bertz CT molecular complexity index is 796. The van der Waals surface area contributed by atoms with Gasteiger partial charge in [-0.05, 0) is 36.1 Å². The summed E-state index contributed by atoms with van der Waals surface area (Å²) in [5, 5.41) is 2.97. The zero-order valence-electron chi connectivity index (χ0n) is 16.7. The summed E-state index contributed by atoms with van der Waals surface area (Å²) in [5.74, 6) is 1.20. The predicted octanol–water partition coefficient (Wildman–Crippen LogP) is 3.04. The number of rotatable bonds is 9. The topological polar surface area (TPSA) is 75.4 Å². The van der Waals surface area contributed by atoms with E-state index in [-0.39, 0.29) is 17.9 Å². The molecule has 2 aromatic carbocycles. The van der Waals surface area contributed by atoms with Crippen LogP contribution in [0.5, 0.6) is 0 Å². The highest BCUT2D eigenvalue weighted by molar-refractivity contribution is 7.99. The van der Waals surface area contributed by atoms with E-state index in [1.54, 1.807) is 16.7 Å². The number of nitrogens with one attached hydrogen (secondary N) is 1. The first-order valence-electron chi connectivity index (χ1n) is 10.2. The summed E-state index contributed by atoms with van der Waals surface area (Å²) in [4.78, 5) is 27.0. The fraction of sp³-hybridized carbons (Fsp3) is 0.391. The molecule has 1 heterocycles. The summed E-state index contributed by atoms with van der Waals surface area (Å²) >= 11 is 1.63. The molecule has 1 saturated heterocycles. The second-order valence-corrected chi connectivity index (χ2v) is 8.26. The zero-order chi connectivity index (χ0) is 20.5. The van der Waals surface area contributed by atoms with E-state index in [0.717, 1.165) is 36.0 Å². The third kappa shape index (κ3) is 6.08. The van der Waals surface area contributed by atoms with Gasteiger partial charge in [-0.15, -0.1) is 11.8 Å². The van der Waals surface area contributed by atoms with Crippen molar-refractivity contribution in [3.8, 4) is 11.1 Å². The molecule has 0 spiro atoms. The molecule has 0 saturated carbocycles. The molecule has 2 amide bonds. The maximum atomic E-state index is 12.8. The van der Waals surface area contributed by atoms with Crippen LogP contribution in [0.4, 0.5) is 0 Å². The molecule has 3 N–H and O–H groups in total. The molecule has 1 unspecified atom stereocenters. The maximum Gasteiger partial charge on any atom is 0.243 e. The van der Waals surface area contributed by atoms with E-state index in [4.69, 9.17) is 5.73 Å². The Kier molecular flexibility index (Phi) is 8.14. The van der Waals surface area contributed by atoms with Gasteiger partial charge >= 0.3 is 0 Å². The van der Waals surface area contributed by atoms with Crippen molar-refractivity contribution in [2.24, 2.45) is 5.73 Å². The van der Waals surface area contributed by atoms with Crippen LogP contribution in [0, 0.1) is 0 Å². The van der Waals surface area contributed by atoms with E-state index < -0.39 is 0 Å². The number of hydrogen-bond donors (Lipinski definition) is 2. The van der Waals surface area contributed by atoms with Crippen LogP contribution in [0.1, 0.15) is 24.8 Å².